The van der Waals surface area contributed by atoms with E-state index >= 15 is 0 Å². The van der Waals surface area contributed by atoms with Gasteiger partial charge >= 0.3 is 0 Å². The second kappa shape index (κ2) is 6.15. The monoisotopic (exact) mass is 310 g/mol. The first-order valence-corrected chi connectivity index (χ1v) is 7.82. The van der Waals surface area contributed by atoms with Gasteiger partial charge in [-0.05, 0) is 24.1 Å². The van der Waals surface area contributed by atoms with E-state index in [-0.39, 0.29) is 17.3 Å². The Morgan fingerprint density at radius 1 is 1.33 bits per heavy atom. The van der Waals surface area contributed by atoms with Crippen LogP contribution in [0.4, 0.5) is 5.82 Å². The third kappa shape index (κ3) is 3.73. The summed E-state index contributed by atoms with van der Waals surface area (Å²) < 4.78 is 33.1. The summed E-state index contributed by atoms with van der Waals surface area (Å²) in [5.74, 6) is 0.761. The van der Waals surface area contributed by atoms with Gasteiger partial charge in [0.15, 0.2) is 5.82 Å². The van der Waals surface area contributed by atoms with E-state index in [1.165, 1.54) is 10.9 Å². The number of sulfonamides is 1. The number of rotatable bonds is 6. The van der Waals surface area contributed by atoms with Gasteiger partial charge in [-0.15, -0.1) is 0 Å². The number of nitrogens with zero attached hydrogens (tertiary/aromatic N) is 2. The van der Waals surface area contributed by atoms with Crippen LogP contribution < -0.4 is 15.2 Å². The summed E-state index contributed by atoms with van der Waals surface area (Å²) in [7, 11) is -0.420. The molecular formula is C13H18N4O3S. The molecule has 0 aliphatic rings. The molecule has 0 amide bonds. The number of ether oxygens (including phenoxy) is 1. The lowest BCUT2D eigenvalue weighted by atomic mass is 10.1. The highest BCUT2D eigenvalue weighted by atomic mass is 32.2. The summed E-state index contributed by atoms with van der Waals surface area (Å²) in [5, 5.41) is 3.82. The van der Waals surface area contributed by atoms with Crippen LogP contribution in [0.3, 0.4) is 0 Å². The van der Waals surface area contributed by atoms with Gasteiger partial charge in [0, 0.05) is 19.8 Å². The Morgan fingerprint density at radius 2 is 2.00 bits per heavy atom. The van der Waals surface area contributed by atoms with Crippen molar-refractivity contribution in [2.45, 2.75) is 11.3 Å². The Morgan fingerprint density at radius 3 is 2.52 bits per heavy atom. The number of hydrogen-bond acceptors (Lipinski definition) is 5. The standard InChI is InChI=1S/C13H18N4O3S/c1-17-9-12(13(14)16-17)21(18,19)15-8-7-10-3-5-11(20-2)6-4-10/h3-6,9,15H,7-8H2,1-2H3,(H2,14,16). The number of aromatic nitrogens is 2. The van der Waals surface area contributed by atoms with Gasteiger partial charge in [-0.25, -0.2) is 13.1 Å². The third-order valence-corrected chi connectivity index (χ3v) is 4.45. The normalized spacial score (nSPS) is 11.5. The van der Waals surface area contributed by atoms with Gasteiger partial charge in [-0.3, -0.25) is 4.68 Å². The number of anilines is 1. The Balaban J connectivity index is 1.97. The zero-order valence-corrected chi connectivity index (χ0v) is 12.7. The van der Waals surface area contributed by atoms with Gasteiger partial charge < -0.3 is 10.5 Å². The molecule has 1 aromatic heterocycles. The number of nitrogens with one attached hydrogen (secondary N) is 1. The van der Waals surface area contributed by atoms with Crippen LogP contribution in [0, 0.1) is 0 Å². The fraction of sp³-hybridized carbons (Fsp3) is 0.308. The second-order valence-corrected chi connectivity index (χ2v) is 6.28. The molecule has 0 bridgehead atoms. The average Bonchev–Trinajstić information content (AvgIpc) is 2.79. The molecule has 1 aromatic carbocycles. The number of benzene rings is 1. The quantitative estimate of drug-likeness (QED) is 0.811. The van der Waals surface area contributed by atoms with Crippen molar-refractivity contribution in [1.82, 2.24) is 14.5 Å². The molecule has 0 aliphatic carbocycles. The molecule has 2 aromatic rings. The Hall–Kier alpha value is -2.06. The van der Waals surface area contributed by atoms with Crippen LogP contribution in [0.2, 0.25) is 0 Å². The van der Waals surface area contributed by atoms with Crippen LogP contribution in [-0.2, 0) is 23.5 Å². The van der Waals surface area contributed by atoms with Crippen LogP contribution in [0.15, 0.2) is 35.4 Å². The minimum Gasteiger partial charge on any atom is -0.497 e. The lowest BCUT2D eigenvalue weighted by molar-refractivity contribution is 0.414. The van der Waals surface area contributed by atoms with E-state index in [0.717, 1.165) is 11.3 Å². The maximum Gasteiger partial charge on any atom is 0.245 e. The minimum atomic E-state index is -3.64. The third-order valence-electron chi connectivity index (χ3n) is 2.98. The number of aryl methyl sites for hydroxylation is 1. The van der Waals surface area contributed by atoms with E-state index in [2.05, 4.69) is 9.82 Å². The van der Waals surface area contributed by atoms with Gasteiger partial charge in [-0.2, -0.15) is 5.10 Å². The van der Waals surface area contributed by atoms with Crippen molar-refractivity contribution in [3.63, 3.8) is 0 Å². The van der Waals surface area contributed by atoms with E-state index in [1.54, 1.807) is 14.2 Å². The number of hydrogen-bond donors (Lipinski definition) is 2. The predicted molar refractivity (Wildman–Crippen MR) is 79.5 cm³/mol. The van der Waals surface area contributed by atoms with Crippen LogP contribution in [0.5, 0.6) is 5.75 Å². The van der Waals surface area contributed by atoms with E-state index < -0.39 is 10.0 Å². The maximum absolute atomic E-state index is 12.1. The molecule has 0 saturated carbocycles. The molecule has 1 heterocycles. The first kappa shape index (κ1) is 15.3. The van der Waals surface area contributed by atoms with E-state index in [9.17, 15) is 8.42 Å². The second-order valence-electron chi connectivity index (χ2n) is 4.55. The molecule has 0 aliphatic heterocycles. The predicted octanol–water partition coefficient (Wildman–Crippen LogP) is 0.532. The molecule has 21 heavy (non-hydrogen) atoms. The molecule has 2 rings (SSSR count). The van der Waals surface area contributed by atoms with Crippen molar-refractivity contribution < 1.29 is 13.2 Å². The molecule has 0 saturated heterocycles. The smallest absolute Gasteiger partial charge is 0.245 e. The van der Waals surface area contributed by atoms with Crippen LogP contribution >= 0.6 is 0 Å². The van der Waals surface area contributed by atoms with Gasteiger partial charge in [0.05, 0.1) is 7.11 Å². The van der Waals surface area contributed by atoms with E-state index in [0.29, 0.717) is 6.42 Å². The van der Waals surface area contributed by atoms with Crippen molar-refractivity contribution in [2.75, 3.05) is 19.4 Å². The Kier molecular flexibility index (Phi) is 4.49. The molecule has 8 heteroatoms. The highest BCUT2D eigenvalue weighted by Gasteiger charge is 2.19. The summed E-state index contributed by atoms with van der Waals surface area (Å²) in [4.78, 5) is -0.000249. The molecule has 0 radical (unpaired) electrons. The van der Waals surface area contributed by atoms with Crippen LogP contribution in [-0.4, -0.2) is 31.9 Å². The maximum atomic E-state index is 12.1. The molecule has 3 N–H and O–H groups in total. The largest absolute Gasteiger partial charge is 0.497 e. The molecule has 0 atom stereocenters. The fourth-order valence-corrected chi connectivity index (χ4v) is 3.02. The van der Waals surface area contributed by atoms with Gasteiger partial charge in [0.2, 0.25) is 10.0 Å². The van der Waals surface area contributed by atoms with Gasteiger partial charge in [-0.1, -0.05) is 12.1 Å². The van der Waals surface area contributed by atoms with Crippen LogP contribution in [0.25, 0.3) is 0 Å². The highest BCUT2D eigenvalue weighted by molar-refractivity contribution is 7.89. The fourth-order valence-electron chi connectivity index (χ4n) is 1.89. The highest BCUT2D eigenvalue weighted by Crippen LogP contribution is 2.15. The van der Waals surface area contributed by atoms with E-state index in [4.69, 9.17) is 10.5 Å². The molecular weight excluding hydrogens is 292 g/mol. The van der Waals surface area contributed by atoms with Gasteiger partial charge in [0.25, 0.3) is 0 Å². The summed E-state index contributed by atoms with van der Waals surface area (Å²) in [6, 6.07) is 7.46. The zero-order valence-electron chi connectivity index (χ0n) is 11.9. The van der Waals surface area contributed by atoms with Crippen LogP contribution in [0.1, 0.15) is 5.56 Å². The van der Waals surface area contributed by atoms with Crippen molar-refractivity contribution in [1.29, 1.82) is 0 Å². The average molecular weight is 310 g/mol. The van der Waals surface area contributed by atoms with Crippen molar-refractivity contribution >= 4 is 15.8 Å². The number of nitrogens with two attached hydrogens (primary N) is 1. The Labute approximate surface area is 123 Å². The Bertz CT molecular complexity index is 708. The lowest BCUT2D eigenvalue weighted by Crippen LogP contribution is -2.26. The van der Waals surface area contributed by atoms with Crippen molar-refractivity contribution in [3.8, 4) is 5.75 Å². The number of nitrogen functional groups attached to an aromatic ring is 1. The molecule has 0 fully saturated rings. The topological polar surface area (TPSA) is 99.2 Å². The molecule has 0 spiro atoms. The van der Waals surface area contributed by atoms with Crippen molar-refractivity contribution in [3.05, 3.63) is 36.0 Å². The summed E-state index contributed by atoms with van der Waals surface area (Å²) in [5.41, 5.74) is 6.59. The zero-order chi connectivity index (χ0) is 15.5. The first-order chi connectivity index (χ1) is 9.92. The lowest BCUT2D eigenvalue weighted by Gasteiger charge is -2.06. The van der Waals surface area contributed by atoms with E-state index in [1.807, 2.05) is 24.3 Å². The summed E-state index contributed by atoms with van der Waals surface area (Å²) in [6.07, 6.45) is 1.95. The summed E-state index contributed by atoms with van der Waals surface area (Å²) in [6.45, 7) is 0.281. The van der Waals surface area contributed by atoms with Gasteiger partial charge in [0.1, 0.15) is 10.6 Å². The first-order valence-electron chi connectivity index (χ1n) is 6.34. The molecule has 0 unspecified atom stereocenters. The SMILES string of the molecule is COc1ccc(CCNS(=O)(=O)c2cn(C)nc2N)cc1. The molecule has 7 nitrogen and oxygen atoms in total. The van der Waals surface area contributed by atoms with Crippen molar-refractivity contribution in [2.24, 2.45) is 7.05 Å². The minimum absolute atomic E-state index is 0.000249. The molecule has 114 valence electrons. The summed E-state index contributed by atoms with van der Waals surface area (Å²) >= 11 is 0. The number of methoxy groups -OCH3 is 1.